The summed E-state index contributed by atoms with van der Waals surface area (Å²) < 4.78 is 0. The quantitative estimate of drug-likeness (QED) is 0.765. The standard InChI is InChI=1S/C16H20N2O2/c1-4-18(10-9-17(2)3)14-11-15(19)16(20)13-8-6-5-7-12(13)14/h5-8,11H,4,9-10H2,1-3H3. The smallest absolute Gasteiger partial charge is 0.233 e. The predicted octanol–water partition coefficient (Wildman–Crippen LogP) is 1.68. The summed E-state index contributed by atoms with van der Waals surface area (Å²) in [5.74, 6) is -0.838. The second-order valence-corrected chi connectivity index (χ2v) is 5.15. The minimum atomic E-state index is -0.429. The maximum Gasteiger partial charge on any atom is 0.233 e. The van der Waals surface area contributed by atoms with Gasteiger partial charge in [0.15, 0.2) is 0 Å². The molecule has 1 aliphatic rings. The molecule has 0 saturated carbocycles. The zero-order chi connectivity index (χ0) is 14.7. The molecule has 0 aliphatic heterocycles. The first-order valence-electron chi connectivity index (χ1n) is 6.84. The molecule has 0 fully saturated rings. The normalized spacial score (nSPS) is 14.3. The van der Waals surface area contributed by atoms with E-state index in [2.05, 4.69) is 16.7 Å². The van der Waals surface area contributed by atoms with Gasteiger partial charge in [0.25, 0.3) is 0 Å². The van der Waals surface area contributed by atoms with Gasteiger partial charge in [0.2, 0.25) is 11.6 Å². The van der Waals surface area contributed by atoms with Crippen LogP contribution in [-0.2, 0) is 4.79 Å². The van der Waals surface area contributed by atoms with E-state index in [1.807, 2.05) is 26.2 Å². The molecule has 0 amide bonds. The van der Waals surface area contributed by atoms with Gasteiger partial charge in [0.1, 0.15) is 0 Å². The number of likely N-dealkylation sites (N-methyl/N-ethyl adjacent to an activating group) is 2. The summed E-state index contributed by atoms with van der Waals surface area (Å²) in [7, 11) is 4.04. The number of hydrogen-bond donors (Lipinski definition) is 0. The van der Waals surface area contributed by atoms with Crippen molar-refractivity contribution in [2.45, 2.75) is 6.92 Å². The summed E-state index contributed by atoms with van der Waals surface area (Å²) >= 11 is 0. The molecule has 0 atom stereocenters. The number of fused-ring (bicyclic) bond motifs is 1. The van der Waals surface area contributed by atoms with Gasteiger partial charge in [-0.15, -0.1) is 0 Å². The van der Waals surface area contributed by atoms with Gasteiger partial charge in [-0.1, -0.05) is 24.3 Å². The van der Waals surface area contributed by atoms with Crippen LogP contribution in [0.2, 0.25) is 0 Å². The Morgan fingerprint density at radius 1 is 1.00 bits per heavy atom. The highest BCUT2D eigenvalue weighted by Crippen LogP contribution is 2.27. The summed E-state index contributed by atoms with van der Waals surface area (Å²) in [5.41, 5.74) is 2.23. The Bertz CT molecular complexity index is 561. The molecule has 1 aromatic carbocycles. The van der Waals surface area contributed by atoms with Crippen LogP contribution in [-0.4, -0.2) is 55.1 Å². The zero-order valence-electron chi connectivity index (χ0n) is 12.2. The summed E-state index contributed by atoms with van der Waals surface area (Å²) in [4.78, 5) is 28.0. The summed E-state index contributed by atoms with van der Waals surface area (Å²) in [6.07, 6.45) is 1.48. The Hall–Kier alpha value is -1.94. The Morgan fingerprint density at radius 2 is 1.65 bits per heavy atom. The zero-order valence-corrected chi connectivity index (χ0v) is 12.2. The number of hydrogen-bond acceptors (Lipinski definition) is 4. The number of ketones is 2. The molecule has 2 rings (SSSR count). The fourth-order valence-electron chi connectivity index (χ4n) is 2.34. The highest BCUT2D eigenvalue weighted by atomic mass is 16.2. The molecule has 0 heterocycles. The Labute approximate surface area is 119 Å². The second-order valence-electron chi connectivity index (χ2n) is 5.15. The first-order chi connectivity index (χ1) is 9.54. The maximum atomic E-state index is 11.9. The van der Waals surface area contributed by atoms with Gasteiger partial charge in [-0.05, 0) is 21.0 Å². The lowest BCUT2D eigenvalue weighted by atomic mass is 9.92. The number of allylic oxidation sites excluding steroid dienone is 1. The summed E-state index contributed by atoms with van der Waals surface area (Å²) in [5, 5.41) is 0. The molecule has 0 N–H and O–H groups in total. The first-order valence-corrected chi connectivity index (χ1v) is 6.84. The van der Waals surface area contributed by atoms with Crippen molar-refractivity contribution >= 4 is 17.3 Å². The number of nitrogens with zero attached hydrogens (tertiary/aromatic N) is 2. The highest BCUT2D eigenvalue weighted by molar-refractivity contribution is 6.50. The lowest BCUT2D eigenvalue weighted by Crippen LogP contribution is -2.33. The minimum Gasteiger partial charge on any atom is -0.370 e. The average Bonchev–Trinajstić information content (AvgIpc) is 2.44. The molecule has 1 aliphatic carbocycles. The molecule has 0 unspecified atom stereocenters. The second kappa shape index (κ2) is 6.01. The minimum absolute atomic E-state index is 0.409. The molecule has 20 heavy (non-hydrogen) atoms. The molecule has 0 saturated heterocycles. The van der Waals surface area contributed by atoms with Crippen molar-refractivity contribution in [3.8, 4) is 0 Å². The van der Waals surface area contributed by atoms with Crippen molar-refractivity contribution in [1.82, 2.24) is 9.80 Å². The van der Waals surface area contributed by atoms with Crippen molar-refractivity contribution in [2.24, 2.45) is 0 Å². The van der Waals surface area contributed by atoms with Crippen LogP contribution in [0, 0.1) is 0 Å². The van der Waals surface area contributed by atoms with Gasteiger partial charge in [-0.2, -0.15) is 0 Å². The lowest BCUT2D eigenvalue weighted by molar-refractivity contribution is -0.111. The fraction of sp³-hybridized carbons (Fsp3) is 0.375. The topological polar surface area (TPSA) is 40.6 Å². The van der Waals surface area contributed by atoms with Crippen LogP contribution in [0.25, 0.3) is 5.70 Å². The first kappa shape index (κ1) is 14.5. The van der Waals surface area contributed by atoms with Gasteiger partial charge in [0.05, 0.1) is 0 Å². The number of rotatable bonds is 5. The van der Waals surface area contributed by atoms with Gasteiger partial charge in [-0.25, -0.2) is 0 Å². The van der Waals surface area contributed by atoms with Crippen molar-refractivity contribution in [2.75, 3.05) is 33.7 Å². The average molecular weight is 272 g/mol. The molecule has 1 aromatic rings. The molecule has 0 radical (unpaired) electrons. The van der Waals surface area contributed by atoms with Crippen LogP contribution >= 0.6 is 0 Å². The SMILES string of the molecule is CCN(CCN(C)C)C1=CC(=O)C(=O)c2ccccc21. The van der Waals surface area contributed by atoms with Crippen LogP contribution in [0.5, 0.6) is 0 Å². The van der Waals surface area contributed by atoms with Crippen molar-refractivity contribution in [1.29, 1.82) is 0 Å². The predicted molar refractivity (Wildman–Crippen MR) is 79.6 cm³/mol. The molecule has 4 heteroatoms. The largest absolute Gasteiger partial charge is 0.370 e. The van der Waals surface area contributed by atoms with Crippen molar-refractivity contribution in [3.05, 3.63) is 41.5 Å². The molecular weight excluding hydrogens is 252 g/mol. The van der Waals surface area contributed by atoms with Gasteiger partial charge < -0.3 is 9.80 Å². The van der Waals surface area contributed by atoms with Crippen LogP contribution in [0.1, 0.15) is 22.8 Å². The van der Waals surface area contributed by atoms with Crippen LogP contribution in [0.15, 0.2) is 30.3 Å². The summed E-state index contributed by atoms with van der Waals surface area (Å²) in [6, 6.07) is 7.32. The van der Waals surface area contributed by atoms with E-state index in [0.717, 1.165) is 30.9 Å². The molecular formula is C16H20N2O2. The monoisotopic (exact) mass is 272 g/mol. The Balaban J connectivity index is 2.36. The van der Waals surface area contributed by atoms with E-state index in [1.165, 1.54) is 6.08 Å². The third kappa shape index (κ3) is 2.80. The van der Waals surface area contributed by atoms with E-state index in [-0.39, 0.29) is 0 Å². The Kier molecular flexibility index (Phi) is 4.35. The highest BCUT2D eigenvalue weighted by Gasteiger charge is 2.27. The van der Waals surface area contributed by atoms with E-state index in [0.29, 0.717) is 5.56 Å². The molecule has 4 nitrogen and oxygen atoms in total. The van der Waals surface area contributed by atoms with Crippen molar-refractivity contribution < 1.29 is 9.59 Å². The lowest BCUT2D eigenvalue weighted by Gasteiger charge is -2.30. The molecule has 106 valence electrons. The van der Waals surface area contributed by atoms with Gasteiger partial charge >= 0.3 is 0 Å². The van der Waals surface area contributed by atoms with Crippen molar-refractivity contribution in [3.63, 3.8) is 0 Å². The number of Topliss-reactive ketones (excluding diaryl/α,β-unsaturated/α-hetero) is 1. The molecule has 0 spiro atoms. The van der Waals surface area contributed by atoms with E-state index < -0.39 is 11.6 Å². The van der Waals surface area contributed by atoms with E-state index in [9.17, 15) is 9.59 Å². The third-order valence-corrected chi connectivity index (χ3v) is 3.48. The number of carbonyl (C=O) groups is 2. The summed E-state index contributed by atoms with van der Waals surface area (Å²) in [6.45, 7) is 4.58. The van der Waals surface area contributed by atoms with Crippen LogP contribution in [0.4, 0.5) is 0 Å². The Morgan fingerprint density at radius 3 is 2.25 bits per heavy atom. The molecule has 0 bridgehead atoms. The van der Waals surface area contributed by atoms with Crippen LogP contribution < -0.4 is 0 Å². The van der Waals surface area contributed by atoms with E-state index >= 15 is 0 Å². The number of benzene rings is 1. The maximum absolute atomic E-state index is 11.9. The fourth-order valence-corrected chi connectivity index (χ4v) is 2.34. The third-order valence-electron chi connectivity index (χ3n) is 3.48. The molecule has 0 aromatic heterocycles. The van der Waals surface area contributed by atoms with Gasteiger partial charge in [0, 0.05) is 42.5 Å². The number of carbonyl (C=O) groups excluding carboxylic acids is 2. The van der Waals surface area contributed by atoms with E-state index in [1.54, 1.807) is 12.1 Å². The van der Waals surface area contributed by atoms with E-state index in [4.69, 9.17) is 0 Å². The van der Waals surface area contributed by atoms with Crippen LogP contribution in [0.3, 0.4) is 0 Å². The van der Waals surface area contributed by atoms with Gasteiger partial charge in [-0.3, -0.25) is 9.59 Å².